The molecule has 0 spiro atoms. The maximum Gasteiger partial charge on any atom is 0.227 e. The van der Waals surface area contributed by atoms with Crippen molar-refractivity contribution in [3.63, 3.8) is 0 Å². The SMILES string of the molecule is COc1cc(OC)c(/C=C/C(=O)/C=C/c2cc3ccccc3nc2Oc2cccc(Cl)c2)c(OC)c1. The second kappa shape index (κ2) is 11.4. The lowest BCUT2D eigenvalue weighted by Crippen LogP contribution is -1.95. The van der Waals surface area contributed by atoms with Crippen molar-refractivity contribution in [2.24, 2.45) is 0 Å². The van der Waals surface area contributed by atoms with Crippen LogP contribution in [0.25, 0.3) is 23.1 Å². The molecule has 1 aromatic heterocycles. The standard InChI is InChI=1S/C29H24ClNO5/c1-33-24-17-27(34-2)25(28(18-24)35-3)14-13-22(32)12-11-20-15-19-7-4-5-10-26(19)31-29(20)36-23-9-6-8-21(30)16-23/h4-18H,1-3H3/b12-11+,14-13+. The molecule has 1 heterocycles. The number of allylic oxidation sites excluding steroid dienone is 2. The zero-order chi connectivity index (χ0) is 25.5. The van der Waals surface area contributed by atoms with Crippen molar-refractivity contribution in [2.45, 2.75) is 0 Å². The summed E-state index contributed by atoms with van der Waals surface area (Å²) in [6.45, 7) is 0. The van der Waals surface area contributed by atoms with Crippen LogP contribution in [-0.2, 0) is 4.79 Å². The van der Waals surface area contributed by atoms with Gasteiger partial charge in [0.15, 0.2) is 5.78 Å². The van der Waals surface area contributed by atoms with Crippen LogP contribution in [0.2, 0.25) is 5.02 Å². The number of halogens is 1. The van der Waals surface area contributed by atoms with Gasteiger partial charge in [-0.05, 0) is 54.6 Å². The maximum atomic E-state index is 12.7. The molecule has 0 aliphatic rings. The fraction of sp³-hybridized carbons (Fsp3) is 0.103. The molecule has 0 atom stereocenters. The summed E-state index contributed by atoms with van der Waals surface area (Å²) in [5.41, 5.74) is 2.05. The van der Waals surface area contributed by atoms with Crippen molar-refractivity contribution >= 4 is 40.4 Å². The third kappa shape index (κ3) is 5.85. The minimum Gasteiger partial charge on any atom is -0.496 e. The van der Waals surface area contributed by atoms with E-state index in [9.17, 15) is 4.79 Å². The van der Waals surface area contributed by atoms with E-state index in [-0.39, 0.29) is 5.78 Å². The lowest BCUT2D eigenvalue weighted by molar-refractivity contribution is -0.110. The van der Waals surface area contributed by atoms with E-state index < -0.39 is 0 Å². The molecular weight excluding hydrogens is 478 g/mol. The predicted octanol–water partition coefficient (Wildman–Crippen LogP) is 7.00. The minimum atomic E-state index is -0.239. The number of benzene rings is 3. The molecule has 0 aliphatic heterocycles. The molecule has 7 heteroatoms. The Bertz CT molecular complexity index is 1440. The van der Waals surface area contributed by atoms with Crippen LogP contribution in [-0.4, -0.2) is 32.1 Å². The third-order valence-corrected chi connectivity index (χ3v) is 5.56. The van der Waals surface area contributed by atoms with Crippen LogP contribution in [0.1, 0.15) is 11.1 Å². The first-order chi connectivity index (χ1) is 17.5. The number of fused-ring (bicyclic) bond motifs is 1. The molecule has 3 aromatic carbocycles. The van der Waals surface area contributed by atoms with Gasteiger partial charge in [-0.25, -0.2) is 4.98 Å². The molecule has 0 aliphatic carbocycles. The second-order valence-corrected chi connectivity index (χ2v) is 8.09. The molecule has 4 aromatic rings. The van der Waals surface area contributed by atoms with Crippen molar-refractivity contribution in [3.8, 4) is 28.9 Å². The van der Waals surface area contributed by atoms with Crippen LogP contribution in [0.5, 0.6) is 28.9 Å². The Kier molecular flexibility index (Phi) is 7.88. The first kappa shape index (κ1) is 24.8. The van der Waals surface area contributed by atoms with Gasteiger partial charge in [-0.1, -0.05) is 35.9 Å². The van der Waals surface area contributed by atoms with E-state index in [2.05, 4.69) is 4.98 Å². The molecule has 0 N–H and O–H groups in total. The first-order valence-electron chi connectivity index (χ1n) is 11.0. The van der Waals surface area contributed by atoms with Gasteiger partial charge < -0.3 is 18.9 Å². The number of ether oxygens (including phenoxy) is 4. The predicted molar refractivity (Wildman–Crippen MR) is 142 cm³/mol. The topological polar surface area (TPSA) is 66.9 Å². The van der Waals surface area contributed by atoms with Gasteiger partial charge in [0.2, 0.25) is 5.88 Å². The molecule has 36 heavy (non-hydrogen) atoms. The number of methoxy groups -OCH3 is 3. The van der Waals surface area contributed by atoms with Gasteiger partial charge in [0.05, 0.1) is 32.4 Å². The van der Waals surface area contributed by atoms with Crippen LogP contribution < -0.4 is 18.9 Å². The number of carbonyl (C=O) groups is 1. The summed E-state index contributed by atoms with van der Waals surface area (Å²) in [5.74, 6) is 2.30. The molecular formula is C29H24ClNO5. The first-order valence-corrected chi connectivity index (χ1v) is 11.4. The van der Waals surface area contributed by atoms with Gasteiger partial charge in [0.1, 0.15) is 23.0 Å². The monoisotopic (exact) mass is 501 g/mol. The largest absolute Gasteiger partial charge is 0.496 e. The summed E-state index contributed by atoms with van der Waals surface area (Å²) in [6, 6.07) is 20.1. The number of pyridine rings is 1. The highest BCUT2D eigenvalue weighted by atomic mass is 35.5. The van der Waals surface area contributed by atoms with Gasteiger partial charge in [-0.3, -0.25) is 4.79 Å². The Hall–Kier alpha value is -4.29. The summed E-state index contributed by atoms with van der Waals surface area (Å²) >= 11 is 6.10. The van der Waals surface area contributed by atoms with Gasteiger partial charge in [0.25, 0.3) is 0 Å². The summed E-state index contributed by atoms with van der Waals surface area (Å²) < 4.78 is 22.2. The highest BCUT2D eigenvalue weighted by molar-refractivity contribution is 6.30. The van der Waals surface area contributed by atoms with Crippen LogP contribution >= 0.6 is 11.6 Å². The Balaban J connectivity index is 1.64. The van der Waals surface area contributed by atoms with E-state index >= 15 is 0 Å². The summed E-state index contributed by atoms with van der Waals surface area (Å²) in [7, 11) is 4.65. The number of hydrogen-bond acceptors (Lipinski definition) is 6. The number of para-hydroxylation sites is 1. The normalized spacial score (nSPS) is 11.2. The maximum absolute atomic E-state index is 12.7. The lowest BCUT2D eigenvalue weighted by Gasteiger charge is -2.12. The Morgan fingerprint density at radius 3 is 2.22 bits per heavy atom. The number of rotatable bonds is 9. The zero-order valence-corrected chi connectivity index (χ0v) is 20.8. The molecule has 0 bridgehead atoms. The van der Waals surface area contributed by atoms with E-state index in [1.165, 1.54) is 12.2 Å². The Labute approximate surface area is 214 Å². The van der Waals surface area contributed by atoms with Crippen molar-refractivity contribution in [2.75, 3.05) is 21.3 Å². The molecule has 0 unspecified atom stereocenters. The van der Waals surface area contributed by atoms with Crippen LogP contribution in [0.4, 0.5) is 0 Å². The van der Waals surface area contributed by atoms with Gasteiger partial charge >= 0.3 is 0 Å². The van der Waals surface area contributed by atoms with Crippen molar-refractivity contribution in [1.29, 1.82) is 0 Å². The second-order valence-electron chi connectivity index (χ2n) is 7.65. The number of ketones is 1. The van der Waals surface area contributed by atoms with Crippen LogP contribution in [0, 0.1) is 0 Å². The fourth-order valence-electron chi connectivity index (χ4n) is 3.55. The lowest BCUT2D eigenvalue weighted by atomic mass is 10.1. The number of aromatic nitrogens is 1. The van der Waals surface area contributed by atoms with Crippen LogP contribution in [0.15, 0.2) is 78.9 Å². The molecule has 4 rings (SSSR count). The Morgan fingerprint density at radius 2 is 1.53 bits per heavy atom. The van der Waals surface area contributed by atoms with E-state index in [0.717, 1.165) is 10.9 Å². The van der Waals surface area contributed by atoms with Crippen molar-refractivity contribution in [1.82, 2.24) is 4.98 Å². The molecule has 182 valence electrons. The molecule has 0 saturated heterocycles. The molecule has 0 fully saturated rings. The molecule has 0 radical (unpaired) electrons. The van der Waals surface area contributed by atoms with E-state index in [1.54, 1.807) is 69.9 Å². The Morgan fingerprint density at radius 1 is 0.806 bits per heavy atom. The van der Waals surface area contributed by atoms with Crippen LogP contribution in [0.3, 0.4) is 0 Å². The number of carbonyl (C=O) groups excluding carboxylic acids is 1. The van der Waals surface area contributed by atoms with Gasteiger partial charge in [0, 0.05) is 28.1 Å². The highest BCUT2D eigenvalue weighted by Crippen LogP contribution is 2.35. The van der Waals surface area contributed by atoms with E-state index in [4.69, 9.17) is 30.5 Å². The summed E-state index contributed by atoms with van der Waals surface area (Å²) in [6.07, 6.45) is 6.21. The minimum absolute atomic E-state index is 0.239. The average Bonchev–Trinajstić information content (AvgIpc) is 2.90. The quantitative estimate of drug-likeness (QED) is 0.230. The number of nitrogens with zero attached hydrogens (tertiary/aromatic N) is 1. The van der Waals surface area contributed by atoms with Gasteiger partial charge in [-0.2, -0.15) is 0 Å². The number of hydrogen-bond donors (Lipinski definition) is 0. The van der Waals surface area contributed by atoms with Gasteiger partial charge in [-0.15, -0.1) is 0 Å². The third-order valence-electron chi connectivity index (χ3n) is 5.32. The smallest absolute Gasteiger partial charge is 0.227 e. The fourth-order valence-corrected chi connectivity index (χ4v) is 3.73. The molecule has 0 saturated carbocycles. The molecule has 0 amide bonds. The van der Waals surface area contributed by atoms with E-state index in [0.29, 0.717) is 45.0 Å². The zero-order valence-electron chi connectivity index (χ0n) is 20.0. The highest BCUT2D eigenvalue weighted by Gasteiger charge is 2.12. The van der Waals surface area contributed by atoms with Crippen molar-refractivity contribution in [3.05, 3.63) is 95.0 Å². The molecule has 6 nitrogen and oxygen atoms in total. The summed E-state index contributed by atoms with van der Waals surface area (Å²) in [4.78, 5) is 17.4. The van der Waals surface area contributed by atoms with E-state index in [1.807, 2.05) is 30.3 Å². The van der Waals surface area contributed by atoms with Crippen molar-refractivity contribution < 1.29 is 23.7 Å². The summed E-state index contributed by atoms with van der Waals surface area (Å²) in [5, 5.41) is 1.47. The average molecular weight is 502 g/mol.